The zero-order chi connectivity index (χ0) is 17.0. The van der Waals surface area contributed by atoms with Crippen LogP contribution in [0.5, 0.6) is 0 Å². The Kier molecular flexibility index (Phi) is 6.59. The van der Waals surface area contributed by atoms with Crippen molar-refractivity contribution < 1.29 is 13.9 Å². The number of halogens is 4. The number of ketones is 1. The number of nitrogens with two attached hydrogens (primary N) is 1. The molecule has 124 valence electrons. The molecule has 1 saturated heterocycles. The number of hydrogen-bond donors (Lipinski definition) is 1. The molecule has 1 aromatic rings. The van der Waals surface area contributed by atoms with Crippen LogP contribution in [0.3, 0.4) is 0 Å². The van der Waals surface area contributed by atoms with Crippen molar-refractivity contribution in [3.63, 3.8) is 0 Å². The summed E-state index contributed by atoms with van der Waals surface area (Å²) >= 11 is 14.7. The third-order valence-electron chi connectivity index (χ3n) is 3.32. The first-order valence-electron chi connectivity index (χ1n) is 6.90. The van der Waals surface area contributed by atoms with E-state index >= 15 is 0 Å². The molecule has 2 N–H and O–H groups in total. The van der Waals surface area contributed by atoms with Crippen molar-refractivity contribution >= 4 is 51.1 Å². The summed E-state index contributed by atoms with van der Waals surface area (Å²) in [6, 6.07) is 1.36. The zero-order valence-corrected chi connectivity index (χ0v) is 15.1. The second-order valence-electron chi connectivity index (χ2n) is 4.89. The van der Waals surface area contributed by atoms with Crippen molar-refractivity contribution in [1.29, 1.82) is 0 Å². The Balaban J connectivity index is 2.27. The Morgan fingerprint density at radius 3 is 2.83 bits per heavy atom. The Morgan fingerprint density at radius 1 is 1.48 bits per heavy atom. The Labute approximate surface area is 151 Å². The van der Waals surface area contributed by atoms with Gasteiger partial charge in [-0.25, -0.2) is 4.39 Å². The van der Waals surface area contributed by atoms with Gasteiger partial charge < -0.3 is 10.5 Å². The third kappa shape index (κ3) is 4.32. The minimum absolute atomic E-state index is 0.00939. The van der Waals surface area contributed by atoms with E-state index in [0.717, 1.165) is 25.5 Å². The predicted molar refractivity (Wildman–Crippen MR) is 92.8 cm³/mol. The maximum atomic E-state index is 14.3. The van der Waals surface area contributed by atoms with Gasteiger partial charge in [0.1, 0.15) is 6.23 Å². The Morgan fingerprint density at radius 2 is 2.22 bits per heavy atom. The average Bonchev–Trinajstić information content (AvgIpc) is 2.54. The minimum atomic E-state index is -0.905. The van der Waals surface area contributed by atoms with Crippen LogP contribution in [0.25, 0.3) is 0 Å². The topological polar surface area (TPSA) is 64.7 Å². The highest BCUT2D eigenvalue weighted by molar-refractivity contribution is 9.10. The van der Waals surface area contributed by atoms with Gasteiger partial charge in [0.2, 0.25) is 0 Å². The summed E-state index contributed by atoms with van der Waals surface area (Å²) in [6.45, 7) is 0.630. The fourth-order valence-electron chi connectivity index (χ4n) is 2.10. The molecule has 1 aromatic carbocycles. The van der Waals surface area contributed by atoms with Crippen molar-refractivity contribution in [3.8, 4) is 0 Å². The lowest BCUT2D eigenvalue weighted by Gasteiger charge is -2.18. The molecule has 1 aliphatic heterocycles. The summed E-state index contributed by atoms with van der Waals surface area (Å²) < 4.78 is 19.9. The molecule has 23 heavy (non-hydrogen) atoms. The molecule has 0 amide bonds. The van der Waals surface area contributed by atoms with Crippen LogP contribution in [-0.4, -0.2) is 24.8 Å². The van der Waals surface area contributed by atoms with Gasteiger partial charge in [0.15, 0.2) is 11.6 Å². The van der Waals surface area contributed by atoms with E-state index in [2.05, 4.69) is 20.9 Å². The molecular weight excluding hydrogens is 410 g/mol. The van der Waals surface area contributed by atoms with Crippen molar-refractivity contribution in [3.05, 3.63) is 43.7 Å². The zero-order valence-electron chi connectivity index (χ0n) is 12.0. The molecule has 1 heterocycles. The van der Waals surface area contributed by atoms with Crippen LogP contribution >= 0.6 is 39.1 Å². The number of carbonyl (C=O) groups is 1. The summed E-state index contributed by atoms with van der Waals surface area (Å²) in [5, 5.41) is -0.308. The number of ether oxygens (including phenoxy) is 1. The lowest BCUT2D eigenvalue weighted by atomic mass is 10.0. The van der Waals surface area contributed by atoms with Crippen LogP contribution in [-0.2, 0) is 4.74 Å². The standard InChI is InChI=1S/C15H14BrCl2FN2O2/c16-9-5-10(17)13(18)14(19)12(9)15(22)8(6-20)7-21-11-3-1-2-4-23-11/h5-7,11H,1-4,20H2/b8-6+,21-7+. The maximum Gasteiger partial charge on any atom is 0.200 e. The van der Waals surface area contributed by atoms with Gasteiger partial charge in [-0.1, -0.05) is 23.2 Å². The van der Waals surface area contributed by atoms with Crippen molar-refractivity contribution in [2.24, 2.45) is 10.7 Å². The van der Waals surface area contributed by atoms with Gasteiger partial charge in [-0.15, -0.1) is 0 Å². The molecule has 1 fully saturated rings. The SMILES string of the molecule is N/C=C(\C=N\C1CCCCO1)C(=O)c1c(Br)cc(Cl)c(Cl)c1F. The summed E-state index contributed by atoms with van der Waals surface area (Å²) in [6.07, 6.45) is 4.83. The fourth-order valence-corrected chi connectivity index (χ4v) is 3.16. The summed E-state index contributed by atoms with van der Waals surface area (Å²) in [4.78, 5) is 16.7. The van der Waals surface area contributed by atoms with Crippen LogP contribution in [0.15, 0.2) is 27.3 Å². The van der Waals surface area contributed by atoms with Gasteiger partial charge in [0.05, 0.1) is 21.2 Å². The van der Waals surface area contributed by atoms with E-state index in [1.165, 1.54) is 12.3 Å². The van der Waals surface area contributed by atoms with E-state index < -0.39 is 11.6 Å². The van der Waals surface area contributed by atoms with Gasteiger partial charge in [-0.2, -0.15) is 0 Å². The van der Waals surface area contributed by atoms with E-state index in [0.29, 0.717) is 6.61 Å². The highest BCUT2D eigenvalue weighted by atomic mass is 79.9. The smallest absolute Gasteiger partial charge is 0.200 e. The van der Waals surface area contributed by atoms with Gasteiger partial charge in [0.25, 0.3) is 0 Å². The quantitative estimate of drug-likeness (QED) is 0.254. The minimum Gasteiger partial charge on any atom is -0.404 e. The van der Waals surface area contributed by atoms with Crippen LogP contribution in [0.2, 0.25) is 10.0 Å². The van der Waals surface area contributed by atoms with Crippen LogP contribution in [0, 0.1) is 5.82 Å². The van der Waals surface area contributed by atoms with E-state index in [1.807, 2.05) is 0 Å². The molecule has 1 unspecified atom stereocenters. The normalized spacial score (nSPS) is 19.3. The molecule has 8 heteroatoms. The molecule has 0 aromatic heterocycles. The number of rotatable bonds is 4. The Hall–Kier alpha value is -0.950. The monoisotopic (exact) mass is 422 g/mol. The number of carbonyl (C=O) groups excluding carboxylic acids is 1. The number of aliphatic imine (C=N–C) groups is 1. The molecule has 0 saturated carbocycles. The van der Waals surface area contributed by atoms with Crippen molar-refractivity contribution in [1.82, 2.24) is 0 Å². The summed E-state index contributed by atoms with van der Waals surface area (Å²) in [5.74, 6) is -1.55. The first kappa shape index (κ1) is 18.4. The molecule has 1 atom stereocenters. The van der Waals surface area contributed by atoms with Crippen LogP contribution in [0.4, 0.5) is 4.39 Å². The maximum absolute atomic E-state index is 14.3. The predicted octanol–water partition coefficient (Wildman–Crippen LogP) is 4.52. The first-order chi connectivity index (χ1) is 11.0. The number of allylic oxidation sites excluding steroid dienone is 1. The second kappa shape index (κ2) is 8.24. The van der Waals surface area contributed by atoms with Crippen LogP contribution in [0.1, 0.15) is 29.6 Å². The number of Topliss-reactive ketones (excluding diaryl/α,β-unsaturated/α-hetero) is 1. The Bertz CT molecular complexity index is 674. The van der Waals surface area contributed by atoms with Crippen LogP contribution < -0.4 is 5.73 Å². The van der Waals surface area contributed by atoms with E-state index in [-0.39, 0.29) is 31.9 Å². The fraction of sp³-hybridized carbons (Fsp3) is 0.333. The van der Waals surface area contributed by atoms with Gasteiger partial charge in [-0.3, -0.25) is 9.79 Å². The van der Waals surface area contributed by atoms with E-state index in [9.17, 15) is 9.18 Å². The number of nitrogens with zero attached hydrogens (tertiary/aromatic N) is 1. The summed E-state index contributed by atoms with van der Waals surface area (Å²) in [5.41, 5.74) is 5.28. The second-order valence-corrected chi connectivity index (χ2v) is 6.53. The molecule has 2 rings (SSSR count). The number of hydrogen-bond acceptors (Lipinski definition) is 4. The number of benzene rings is 1. The molecule has 0 aliphatic carbocycles. The molecule has 1 aliphatic rings. The molecule has 0 spiro atoms. The lowest BCUT2D eigenvalue weighted by molar-refractivity contribution is 0.0227. The first-order valence-corrected chi connectivity index (χ1v) is 8.45. The molecule has 0 bridgehead atoms. The highest BCUT2D eigenvalue weighted by Gasteiger charge is 2.23. The van der Waals surface area contributed by atoms with Crippen molar-refractivity contribution in [2.75, 3.05) is 6.61 Å². The third-order valence-corrected chi connectivity index (χ3v) is 4.71. The lowest BCUT2D eigenvalue weighted by Crippen LogP contribution is -2.18. The highest BCUT2D eigenvalue weighted by Crippen LogP contribution is 2.34. The molecule has 4 nitrogen and oxygen atoms in total. The van der Waals surface area contributed by atoms with E-state index in [1.54, 1.807) is 0 Å². The van der Waals surface area contributed by atoms with Gasteiger partial charge in [0, 0.05) is 23.5 Å². The summed E-state index contributed by atoms with van der Waals surface area (Å²) in [7, 11) is 0. The molecule has 0 radical (unpaired) electrons. The average molecular weight is 424 g/mol. The molecular formula is C15H14BrCl2FN2O2. The van der Waals surface area contributed by atoms with Crippen molar-refractivity contribution in [2.45, 2.75) is 25.5 Å². The van der Waals surface area contributed by atoms with E-state index in [4.69, 9.17) is 33.7 Å². The van der Waals surface area contributed by atoms with Gasteiger partial charge in [-0.05, 0) is 41.3 Å². The van der Waals surface area contributed by atoms with Gasteiger partial charge >= 0.3 is 0 Å². The largest absolute Gasteiger partial charge is 0.404 e.